The van der Waals surface area contributed by atoms with Gasteiger partial charge in [-0.3, -0.25) is 4.90 Å². The summed E-state index contributed by atoms with van der Waals surface area (Å²) in [6.45, 7) is 7.10. The molecule has 1 aromatic carbocycles. The predicted octanol–water partition coefficient (Wildman–Crippen LogP) is 1.82. The molecule has 6 nitrogen and oxygen atoms in total. The molecule has 0 aliphatic carbocycles. The molecular formula is C18H25N3O3S. The lowest BCUT2D eigenvalue weighted by atomic mass is 10.1. The first-order valence-electron chi connectivity index (χ1n) is 8.80. The Bertz CT molecular complexity index is 732. The highest BCUT2D eigenvalue weighted by Crippen LogP contribution is 2.27. The van der Waals surface area contributed by atoms with E-state index in [0.29, 0.717) is 12.1 Å². The first kappa shape index (κ1) is 18.3. The molecule has 2 heterocycles. The van der Waals surface area contributed by atoms with Gasteiger partial charge in [-0.05, 0) is 51.0 Å². The van der Waals surface area contributed by atoms with Crippen molar-refractivity contribution in [3.63, 3.8) is 0 Å². The van der Waals surface area contributed by atoms with Crippen molar-refractivity contribution in [2.24, 2.45) is 0 Å². The molecule has 3 atom stereocenters. The van der Waals surface area contributed by atoms with Crippen LogP contribution >= 0.6 is 0 Å². The van der Waals surface area contributed by atoms with Crippen molar-refractivity contribution < 1.29 is 13.2 Å². The lowest BCUT2D eigenvalue weighted by molar-refractivity contribution is -0.0707. The van der Waals surface area contributed by atoms with E-state index in [1.165, 1.54) is 12.1 Å². The summed E-state index contributed by atoms with van der Waals surface area (Å²) in [5.74, 6) is 0. The third-order valence-corrected chi connectivity index (χ3v) is 6.84. The summed E-state index contributed by atoms with van der Waals surface area (Å²) in [7, 11) is -3.52. The maximum Gasteiger partial charge on any atom is 0.243 e. The first-order valence-corrected chi connectivity index (χ1v) is 10.2. The molecule has 0 saturated carbocycles. The largest absolute Gasteiger partial charge is 0.373 e. The zero-order valence-electron chi connectivity index (χ0n) is 14.8. The van der Waals surface area contributed by atoms with Gasteiger partial charge in [-0.2, -0.15) is 9.57 Å². The second kappa shape index (κ2) is 7.42. The quantitative estimate of drug-likeness (QED) is 0.816. The molecule has 2 fully saturated rings. The van der Waals surface area contributed by atoms with Crippen LogP contribution in [0.2, 0.25) is 0 Å². The van der Waals surface area contributed by atoms with Crippen molar-refractivity contribution in [3.05, 3.63) is 29.8 Å². The molecule has 25 heavy (non-hydrogen) atoms. The van der Waals surface area contributed by atoms with E-state index < -0.39 is 10.0 Å². The number of rotatable bonds is 4. The highest BCUT2D eigenvalue weighted by molar-refractivity contribution is 7.89. The monoisotopic (exact) mass is 363 g/mol. The van der Waals surface area contributed by atoms with Crippen LogP contribution in [0.4, 0.5) is 0 Å². The van der Waals surface area contributed by atoms with E-state index in [4.69, 9.17) is 10.00 Å². The lowest BCUT2D eigenvalue weighted by Crippen LogP contribution is -2.50. The summed E-state index contributed by atoms with van der Waals surface area (Å²) in [5, 5.41) is 8.88. The van der Waals surface area contributed by atoms with E-state index in [0.717, 1.165) is 32.5 Å². The van der Waals surface area contributed by atoms with E-state index in [2.05, 4.69) is 18.7 Å². The summed E-state index contributed by atoms with van der Waals surface area (Å²) in [4.78, 5) is 2.58. The molecular weight excluding hydrogens is 338 g/mol. The highest BCUT2D eigenvalue weighted by Gasteiger charge is 2.37. The molecule has 0 aromatic heterocycles. The number of nitriles is 1. The molecule has 0 amide bonds. The minimum Gasteiger partial charge on any atom is -0.373 e. The summed E-state index contributed by atoms with van der Waals surface area (Å²) in [6.07, 6.45) is 2.12. The molecule has 3 rings (SSSR count). The standard InChI is InChI=1S/C18H25N3O3S/c1-14-11-20(12-15(2)24-14)13-17-4-3-9-21(17)25(22,23)18-7-5-16(10-19)6-8-18/h5-8,14-15,17H,3-4,9,11-13H2,1-2H3. The van der Waals surface area contributed by atoms with Crippen LogP contribution in [-0.4, -0.2) is 62.1 Å². The van der Waals surface area contributed by atoms with Crippen LogP contribution in [0.3, 0.4) is 0 Å². The molecule has 0 radical (unpaired) electrons. The van der Waals surface area contributed by atoms with Gasteiger partial charge in [-0.25, -0.2) is 8.42 Å². The normalized spacial score (nSPS) is 28.8. The van der Waals surface area contributed by atoms with E-state index in [-0.39, 0.29) is 23.1 Å². The Hall–Kier alpha value is -1.46. The van der Waals surface area contributed by atoms with Crippen molar-refractivity contribution in [2.75, 3.05) is 26.2 Å². The summed E-state index contributed by atoms with van der Waals surface area (Å²) in [5.41, 5.74) is 0.466. The number of hydrogen-bond acceptors (Lipinski definition) is 5. The smallest absolute Gasteiger partial charge is 0.243 e. The molecule has 0 N–H and O–H groups in total. The zero-order chi connectivity index (χ0) is 18.0. The zero-order valence-corrected chi connectivity index (χ0v) is 15.6. The summed E-state index contributed by atoms with van der Waals surface area (Å²) in [6, 6.07) is 8.20. The number of benzene rings is 1. The van der Waals surface area contributed by atoms with Gasteiger partial charge >= 0.3 is 0 Å². The van der Waals surface area contributed by atoms with Gasteiger partial charge < -0.3 is 4.74 Å². The Morgan fingerprint density at radius 3 is 2.44 bits per heavy atom. The van der Waals surface area contributed by atoms with Gasteiger partial charge in [0.2, 0.25) is 10.0 Å². The Morgan fingerprint density at radius 1 is 1.20 bits per heavy atom. The number of nitrogens with zero attached hydrogens (tertiary/aromatic N) is 3. The fourth-order valence-electron chi connectivity index (χ4n) is 3.88. The average Bonchev–Trinajstić information content (AvgIpc) is 3.03. The minimum atomic E-state index is -3.52. The van der Waals surface area contributed by atoms with Gasteiger partial charge in [0.25, 0.3) is 0 Å². The number of ether oxygens (including phenoxy) is 1. The van der Waals surface area contributed by atoms with Crippen LogP contribution in [0.15, 0.2) is 29.2 Å². The molecule has 0 spiro atoms. The molecule has 2 saturated heterocycles. The van der Waals surface area contributed by atoms with Crippen LogP contribution in [0.1, 0.15) is 32.3 Å². The Kier molecular flexibility index (Phi) is 5.44. The fraction of sp³-hybridized carbons (Fsp3) is 0.611. The van der Waals surface area contributed by atoms with Crippen molar-refractivity contribution in [2.45, 2.75) is 49.8 Å². The second-order valence-electron chi connectivity index (χ2n) is 7.02. The van der Waals surface area contributed by atoms with Crippen molar-refractivity contribution in [1.82, 2.24) is 9.21 Å². The molecule has 7 heteroatoms. The summed E-state index contributed by atoms with van der Waals surface area (Å²) >= 11 is 0. The topological polar surface area (TPSA) is 73.6 Å². The van der Waals surface area contributed by atoms with Gasteiger partial charge in [0.15, 0.2) is 0 Å². The maximum atomic E-state index is 13.0. The minimum absolute atomic E-state index is 0.00172. The van der Waals surface area contributed by atoms with Crippen LogP contribution < -0.4 is 0 Å². The fourth-order valence-corrected chi connectivity index (χ4v) is 5.56. The molecule has 2 aliphatic rings. The molecule has 0 bridgehead atoms. The average molecular weight is 363 g/mol. The number of hydrogen-bond donors (Lipinski definition) is 0. The van der Waals surface area contributed by atoms with Gasteiger partial charge in [-0.15, -0.1) is 0 Å². The van der Waals surface area contributed by atoms with E-state index in [9.17, 15) is 8.42 Å². The van der Waals surface area contributed by atoms with Crippen LogP contribution in [0, 0.1) is 11.3 Å². The molecule has 2 aliphatic heterocycles. The van der Waals surface area contributed by atoms with E-state index >= 15 is 0 Å². The van der Waals surface area contributed by atoms with Crippen LogP contribution in [0.25, 0.3) is 0 Å². The number of sulfonamides is 1. The molecule has 3 unspecified atom stereocenters. The lowest BCUT2D eigenvalue weighted by Gasteiger charge is -2.38. The van der Waals surface area contributed by atoms with E-state index in [1.54, 1.807) is 16.4 Å². The van der Waals surface area contributed by atoms with Crippen molar-refractivity contribution >= 4 is 10.0 Å². The van der Waals surface area contributed by atoms with E-state index in [1.807, 2.05) is 6.07 Å². The van der Waals surface area contributed by atoms with Crippen LogP contribution in [0.5, 0.6) is 0 Å². The van der Waals surface area contributed by atoms with Gasteiger partial charge in [-0.1, -0.05) is 0 Å². The van der Waals surface area contributed by atoms with Crippen LogP contribution in [-0.2, 0) is 14.8 Å². The van der Waals surface area contributed by atoms with Gasteiger partial charge in [0.05, 0.1) is 28.7 Å². The third-order valence-electron chi connectivity index (χ3n) is 4.88. The van der Waals surface area contributed by atoms with Gasteiger partial charge in [0.1, 0.15) is 0 Å². The van der Waals surface area contributed by atoms with Crippen molar-refractivity contribution in [1.29, 1.82) is 5.26 Å². The SMILES string of the molecule is CC1CN(CC2CCCN2S(=O)(=O)c2ccc(C#N)cc2)CC(C)O1. The molecule has 136 valence electrons. The Balaban J connectivity index is 1.74. The Morgan fingerprint density at radius 2 is 1.84 bits per heavy atom. The third kappa shape index (κ3) is 4.04. The predicted molar refractivity (Wildman–Crippen MR) is 94.5 cm³/mol. The maximum absolute atomic E-state index is 13.0. The second-order valence-corrected chi connectivity index (χ2v) is 8.91. The highest BCUT2D eigenvalue weighted by atomic mass is 32.2. The first-order chi connectivity index (χ1) is 11.9. The molecule has 1 aromatic rings. The summed E-state index contributed by atoms with van der Waals surface area (Å²) < 4.78 is 33.4. The van der Waals surface area contributed by atoms with Crippen molar-refractivity contribution in [3.8, 4) is 6.07 Å². The van der Waals surface area contributed by atoms with Gasteiger partial charge in [0, 0.05) is 32.2 Å². The number of morpholine rings is 1. The Labute approximate surface area is 150 Å².